The summed E-state index contributed by atoms with van der Waals surface area (Å²) < 4.78 is 10.3. The standard InChI is InChI=1S/C16H24N2O3/c1-20-12-13-6-3-4-7-14(13)15(16(19)21-2)18-10-5-8-17-9-11-18/h3-4,6-7,15,17H,5,8-12H2,1-2H3. The maximum atomic E-state index is 12.4. The highest BCUT2D eigenvalue weighted by atomic mass is 16.5. The quantitative estimate of drug-likeness (QED) is 0.830. The van der Waals surface area contributed by atoms with E-state index in [0.29, 0.717) is 6.61 Å². The summed E-state index contributed by atoms with van der Waals surface area (Å²) >= 11 is 0. The van der Waals surface area contributed by atoms with E-state index in [1.54, 1.807) is 7.11 Å². The van der Waals surface area contributed by atoms with Crippen LogP contribution in [-0.4, -0.2) is 51.3 Å². The van der Waals surface area contributed by atoms with Crippen LogP contribution in [0, 0.1) is 0 Å². The second-order valence-electron chi connectivity index (χ2n) is 5.20. The van der Waals surface area contributed by atoms with Crippen molar-refractivity contribution < 1.29 is 14.3 Å². The molecular weight excluding hydrogens is 268 g/mol. The van der Waals surface area contributed by atoms with Crippen LogP contribution >= 0.6 is 0 Å². The predicted molar refractivity (Wildman–Crippen MR) is 81.0 cm³/mol. The smallest absolute Gasteiger partial charge is 0.327 e. The van der Waals surface area contributed by atoms with Crippen LogP contribution in [0.4, 0.5) is 0 Å². The molecule has 5 heteroatoms. The molecule has 1 unspecified atom stereocenters. The summed E-state index contributed by atoms with van der Waals surface area (Å²) in [6.45, 7) is 4.09. The van der Waals surface area contributed by atoms with E-state index in [9.17, 15) is 4.79 Å². The predicted octanol–water partition coefficient (Wildman–Crippen LogP) is 1.34. The Kier molecular flexibility index (Phi) is 6.17. The number of benzene rings is 1. The van der Waals surface area contributed by atoms with E-state index in [4.69, 9.17) is 9.47 Å². The molecule has 1 N–H and O–H groups in total. The van der Waals surface area contributed by atoms with Crippen LogP contribution in [0.3, 0.4) is 0 Å². The van der Waals surface area contributed by atoms with Gasteiger partial charge in [-0.25, -0.2) is 4.79 Å². The van der Waals surface area contributed by atoms with Crippen molar-refractivity contribution in [1.82, 2.24) is 10.2 Å². The first-order chi connectivity index (χ1) is 10.3. The maximum absolute atomic E-state index is 12.4. The lowest BCUT2D eigenvalue weighted by atomic mass is 9.99. The highest BCUT2D eigenvalue weighted by Gasteiger charge is 2.30. The molecule has 0 radical (unpaired) electrons. The van der Waals surface area contributed by atoms with Gasteiger partial charge in [-0.3, -0.25) is 4.90 Å². The van der Waals surface area contributed by atoms with E-state index < -0.39 is 0 Å². The molecule has 0 amide bonds. The van der Waals surface area contributed by atoms with E-state index in [2.05, 4.69) is 10.2 Å². The summed E-state index contributed by atoms with van der Waals surface area (Å²) in [5, 5.41) is 3.36. The molecule has 1 aromatic carbocycles. The fraction of sp³-hybridized carbons (Fsp3) is 0.562. The van der Waals surface area contributed by atoms with Crippen LogP contribution in [0.2, 0.25) is 0 Å². The van der Waals surface area contributed by atoms with Crippen molar-refractivity contribution in [3.05, 3.63) is 35.4 Å². The summed E-state index contributed by atoms with van der Waals surface area (Å²) in [5.41, 5.74) is 2.01. The Labute approximate surface area is 126 Å². The average Bonchev–Trinajstić information content (AvgIpc) is 2.78. The molecular formula is C16H24N2O3. The minimum atomic E-state index is -0.360. The van der Waals surface area contributed by atoms with Gasteiger partial charge in [0.2, 0.25) is 0 Å². The van der Waals surface area contributed by atoms with Gasteiger partial charge in [-0.05, 0) is 24.1 Å². The number of hydrogen-bond donors (Lipinski definition) is 1. The lowest BCUT2D eigenvalue weighted by Crippen LogP contribution is -2.37. The minimum absolute atomic E-state index is 0.208. The normalized spacial score (nSPS) is 18.0. The third-order valence-corrected chi connectivity index (χ3v) is 3.81. The molecule has 1 saturated heterocycles. The van der Waals surface area contributed by atoms with E-state index >= 15 is 0 Å². The van der Waals surface area contributed by atoms with Crippen LogP contribution in [-0.2, 0) is 20.9 Å². The summed E-state index contributed by atoms with van der Waals surface area (Å²) in [6, 6.07) is 7.57. The van der Waals surface area contributed by atoms with Gasteiger partial charge in [-0.1, -0.05) is 24.3 Å². The zero-order chi connectivity index (χ0) is 15.1. The topological polar surface area (TPSA) is 50.8 Å². The SMILES string of the molecule is COCc1ccccc1C(C(=O)OC)N1CCCNCC1. The van der Waals surface area contributed by atoms with Gasteiger partial charge in [-0.15, -0.1) is 0 Å². The van der Waals surface area contributed by atoms with Crippen molar-refractivity contribution in [1.29, 1.82) is 0 Å². The monoisotopic (exact) mass is 292 g/mol. The van der Waals surface area contributed by atoms with Crippen molar-refractivity contribution in [2.75, 3.05) is 40.4 Å². The molecule has 1 fully saturated rings. The van der Waals surface area contributed by atoms with Gasteiger partial charge in [0.15, 0.2) is 0 Å². The second-order valence-corrected chi connectivity index (χ2v) is 5.20. The van der Waals surface area contributed by atoms with E-state index in [0.717, 1.165) is 43.7 Å². The Hall–Kier alpha value is -1.43. The Balaban J connectivity index is 2.33. The summed E-state index contributed by atoms with van der Waals surface area (Å²) in [4.78, 5) is 14.6. The van der Waals surface area contributed by atoms with E-state index in [1.807, 2.05) is 24.3 Å². The van der Waals surface area contributed by atoms with Crippen LogP contribution in [0.15, 0.2) is 24.3 Å². The van der Waals surface area contributed by atoms with Crippen LogP contribution in [0.5, 0.6) is 0 Å². The van der Waals surface area contributed by atoms with Crippen molar-refractivity contribution >= 4 is 5.97 Å². The number of rotatable bonds is 5. The Morgan fingerprint density at radius 1 is 1.29 bits per heavy atom. The number of nitrogens with one attached hydrogen (secondary N) is 1. The Morgan fingerprint density at radius 3 is 2.86 bits per heavy atom. The molecule has 1 atom stereocenters. The largest absolute Gasteiger partial charge is 0.468 e. The summed E-state index contributed by atoms with van der Waals surface area (Å²) in [5.74, 6) is -0.208. The molecule has 1 aromatic rings. The molecule has 5 nitrogen and oxygen atoms in total. The minimum Gasteiger partial charge on any atom is -0.468 e. The molecule has 0 saturated carbocycles. The molecule has 0 aliphatic carbocycles. The van der Waals surface area contributed by atoms with Crippen molar-refractivity contribution in [2.45, 2.75) is 19.1 Å². The second kappa shape index (κ2) is 8.12. The lowest BCUT2D eigenvalue weighted by molar-refractivity contribution is -0.147. The molecule has 1 heterocycles. The van der Waals surface area contributed by atoms with Crippen molar-refractivity contribution in [3.63, 3.8) is 0 Å². The van der Waals surface area contributed by atoms with Crippen LogP contribution in [0.1, 0.15) is 23.6 Å². The first-order valence-corrected chi connectivity index (χ1v) is 7.37. The van der Waals surface area contributed by atoms with Crippen molar-refractivity contribution in [3.8, 4) is 0 Å². The fourth-order valence-electron chi connectivity index (χ4n) is 2.80. The molecule has 116 valence electrons. The van der Waals surface area contributed by atoms with Gasteiger partial charge in [0.1, 0.15) is 6.04 Å². The number of esters is 1. The highest BCUT2D eigenvalue weighted by molar-refractivity contribution is 5.78. The van der Waals surface area contributed by atoms with E-state index in [-0.39, 0.29) is 12.0 Å². The van der Waals surface area contributed by atoms with Gasteiger partial charge >= 0.3 is 5.97 Å². The van der Waals surface area contributed by atoms with Gasteiger partial charge in [0.25, 0.3) is 0 Å². The molecule has 21 heavy (non-hydrogen) atoms. The molecule has 1 aliphatic rings. The number of carbonyl (C=O) groups is 1. The van der Waals surface area contributed by atoms with Crippen LogP contribution in [0.25, 0.3) is 0 Å². The lowest BCUT2D eigenvalue weighted by Gasteiger charge is -2.29. The first-order valence-electron chi connectivity index (χ1n) is 7.37. The molecule has 0 aromatic heterocycles. The molecule has 1 aliphatic heterocycles. The van der Waals surface area contributed by atoms with Crippen LogP contribution < -0.4 is 5.32 Å². The summed E-state index contributed by atoms with van der Waals surface area (Å²) in [7, 11) is 3.12. The number of ether oxygens (including phenoxy) is 2. The highest BCUT2D eigenvalue weighted by Crippen LogP contribution is 2.26. The van der Waals surface area contributed by atoms with Gasteiger partial charge in [0.05, 0.1) is 13.7 Å². The molecule has 0 bridgehead atoms. The van der Waals surface area contributed by atoms with Gasteiger partial charge < -0.3 is 14.8 Å². The van der Waals surface area contributed by atoms with Gasteiger partial charge in [-0.2, -0.15) is 0 Å². The fourth-order valence-corrected chi connectivity index (χ4v) is 2.80. The zero-order valence-electron chi connectivity index (χ0n) is 12.8. The maximum Gasteiger partial charge on any atom is 0.327 e. The number of hydrogen-bond acceptors (Lipinski definition) is 5. The zero-order valence-corrected chi connectivity index (χ0v) is 12.8. The molecule has 2 rings (SSSR count). The first kappa shape index (κ1) is 15.9. The Bertz CT molecular complexity index is 457. The van der Waals surface area contributed by atoms with Crippen molar-refractivity contribution in [2.24, 2.45) is 0 Å². The van der Waals surface area contributed by atoms with Gasteiger partial charge in [0, 0.05) is 26.7 Å². The Morgan fingerprint density at radius 2 is 2.10 bits per heavy atom. The third kappa shape index (κ3) is 4.03. The number of nitrogens with zero attached hydrogens (tertiary/aromatic N) is 1. The summed E-state index contributed by atoms with van der Waals surface area (Å²) in [6.07, 6.45) is 1.03. The number of carbonyl (C=O) groups excluding carboxylic acids is 1. The number of methoxy groups -OCH3 is 2. The average molecular weight is 292 g/mol. The third-order valence-electron chi connectivity index (χ3n) is 3.81. The molecule has 0 spiro atoms. The van der Waals surface area contributed by atoms with E-state index in [1.165, 1.54) is 7.11 Å².